The minimum atomic E-state index is -2.80. The van der Waals surface area contributed by atoms with Gasteiger partial charge in [0, 0.05) is 25.8 Å². The van der Waals surface area contributed by atoms with E-state index in [1.165, 1.54) is 14.2 Å². The van der Waals surface area contributed by atoms with Gasteiger partial charge in [-0.3, -0.25) is 0 Å². The number of hydrogen-bond donors (Lipinski definition) is 1. The molecule has 0 rings (SSSR count). The van der Waals surface area contributed by atoms with Crippen molar-refractivity contribution in [2.24, 2.45) is 5.92 Å². The summed E-state index contributed by atoms with van der Waals surface area (Å²) in [5, 5.41) is 8.80. The first-order chi connectivity index (χ1) is 8.90. The third-order valence-electron chi connectivity index (χ3n) is 2.48. The number of carbonyl (C=O) groups excluding carboxylic acids is 1. The second kappa shape index (κ2) is 9.22. The van der Waals surface area contributed by atoms with Gasteiger partial charge in [0.1, 0.15) is 0 Å². The number of aliphatic hydroxyl groups excluding tert-OH is 1. The van der Waals surface area contributed by atoms with E-state index < -0.39 is 14.8 Å². The third-order valence-corrected chi connectivity index (χ3v) is 5.57. The summed E-state index contributed by atoms with van der Waals surface area (Å²) in [6.45, 7) is 7.33. The standard InChI is InChI=1S/C12H24O6Si/c1-10(2)12(14)17-8-11(3)9-19(15-4,16-5)18-7-6-13/h11,13H,1,6-9H2,2-5H3. The molecular formula is C12H24O6Si. The summed E-state index contributed by atoms with van der Waals surface area (Å²) in [6, 6.07) is 0.503. The van der Waals surface area contributed by atoms with Crippen LogP contribution in [0.4, 0.5) is 0 Å². The molecule has 1 N–H and O–H groups in total. The van der Waals surface area contributed by atoms with Crippen LogP contribution in [-0.4, -0.2) is 53.9 Å². The Labute approximate surface area is 115 Å². The molecule has 0 radical (unpaired) electrons. The van der Waals surface area contributed by atoms with Crippen LogP contribution < -0.4 is 0 Å². The first-order valence-electron chi connectivity index (χ1n) is 6.08. The van der Waals surface area contributed by atoms with Gasteiger partial charge in [0.25, 0.3) is 0 Å². The highest BCUT2D eigenvalue weighted by Gasteiger charge is 2.40. The SMILES string of the molecule is C=C(C)C(=O)OCC(C)C[Si](OC)(OC)OCCO. The molecule has 0 fully saturated rings. The summed E-state index contributed by atoms with van der Waals surface area (Å²) in [7, 11) is 0.227. The second-order valence-electron chi connectivity index (χ2n) is 4.35. The zero-order valence-corrected chi connectivity index (χ0v) is 13.1. The van der Waals surface area contributed by atoms with Crippen molar-refractivity contribution in [3.05, 3.63) is 12.2 Å². The van der Waals surface area contributed by atoms with Crippen LogP contribution in [0.1, 0.15) is 13.8 Å². The predicted molar refractivity (Wildman–Crippen MR) is 72.6 cm³/mol. The summed E-state index contributed by atoms with van der Waals surface area (Å²) in [4.78, 5) is 11.3. The Kier molecular flexibility index (Phi) is 8.86. The lowest BCUT2D eigenvalue weighted by molar-refractivity contribution is -0.140. The van der Waals surface area contributed by atoms with E-state index in [1.807, 2.05) is 6.92 Å². The Bertz CT molecular complexity index is 290. The van der Waals surface area contributed by atoms with Gasteiger partial charge in [-0.1, -0.05) is 13.5 Å². The maximum absolute atomic E-state index is 11.3. The third kappa shape index (κ3) is 6.83. The number of ether oxygens (including phenoxy) is 1. The van der Waals surface area contributed by atoms with Crippen molar-refractivity contribution in [1.29, 1.82) is 0 Å². The van der Waals surface area contributed by atoms with Gasteiger partial charge in [-0.2, -0.15) is 0 Å². The first-order valence-corrected chi connectivity index (χ1v) is 8.01. The van der Waals surface area contributed by atoms with Gasteiger partial charge in [0.05, 0.1) is 19.8 Å². The Morgan fingerprint density at radius 2 is 1.95 bits per heavy atom. The molecule has 0 aromatic heterocycles. The molecule has 0 aliphatic carbocycles. The summed E-state index contributed by atoms with van der Waals surface area (Å²) in [5.74, 6) is -0.390. The molecule has 1 atom stereocenters. The maximum Gasteiger partial charge on any atom is 0.500 e. The van der Waals surface area contributed by atoms with Crippen LogP contribution in [0.5, 0.6) is 0 Å². The molecular weight excluding hydrogens is 268 g/mol. The maximum atomic E-state index is 11.3. The molecule has 0 aromatic carbocycles. The quantitative estimate of drug-likeness (QED) is 0.367. The van der Waals surface area contributed by atoms with Crippen LogP contribution in [0.2, 0.25) is 6.04 Å². The van der Waals surface area contributed by atoms with E-state index in [0.29, 0.717) is 11.6 Å². The van der Waals surface area contributed by atoms with Gasteiger partial charge >= 0.3 is 14.8 Å². The molecule has 0 heterocycles. The van der Waals surface area contributed by atoms with Crippen molar-refractivity contribution in [1.82, 2.24) is 0 Å². The van der Waals surface area contributed by atoms with Crippen molar-refractivity contribution in [3.8, 4) is 0 Å². The molecule has 19 heavy (non-hydrogen) atoms. The second-order valence-corrected chi connectivity index (χ2v) is 7.23. The molecule has 0 aliphatic rings. The molecule has 0 saturated carbocycles. The first kappa shape index (κ1) is 18.3. The molecule has 7 heteroatoms. The number of hydrogen-bond acceptors (Lipinski definition) is 6. The number of esters is 1. The van der Waals surface area contributed by atoms with Crippen LogP contribution >= 0.6 is 0 Å². The van der Waals surface area contributed by atoms with E-state index in [4.69, 9.17) is 23.1 Å². The average Bonchev–Trinajstić information content (AvgIpc) is 2.40. The van der Waals surface area contributed by atoms with E-state index in [9.17, 15) is 4.79 Å². The van der Waals surface area contributed by atoms with E-state index in [1.54, 1.807) is 6.92 Å². The van der Waals surface area contributed by atoms with Gasteiger partial charge < -0.3 is 23.1 Å². The van der Waals surface area contributed by atoms with Gasteiger partial charge in [-0.15, -0.1) is 0 Å². The van der Waals surface area contributed by atoms with Crippen molar-refractivity contribution in [2.45, 2.75) is 19.9 Å². The van der Waals surface area contributed by atoms with E-state index in [2.05, 4.69) is 6.58 Å². The van der Waals surface area contributed by atoms with Crippen LogP contribution in [0.25, 0.3) is 0 Å². The molecule has 112 valence electrons. The molecule has 6 nitrogen and oxygen atoms in total. The highest BCUT2D eigenvalue weighted by atomic mass is 28.4. The van der Waals surface area contributed by atoms with Crippen molar-refractivity contribution >= 4 is 14.8 Å². The minimum absolute atomic E-state index is 0.0218. The van der Waals surface area contributed by atoms with E-state index in [0.717, 1.165) is 0 Å². The van der Waals surface area contributed by atoms with Crippen LogP contribution in [0.3, 0.4) is 0 Å². The highest BCUT2D eigenvalue weighted by molar-refractivity contribution is 6.60. The van der Waals surface area contributed by atoms with E-state index in [-0.39, 0.29) is 25.7 Å². The van der Waals surface area contributed by atoms with Crippen LogP contribution in [0.15, 0.2) is 12.2 Å². The van der Waals surface area contributed by atoms with Gasteiger partial charge in [-0.05, 0) is 12.8 Å². The summed E-state index contributed by atoms with van der Waals surface area (Å²) < 4.78 is 21.2. The molecule has 1 unspecified atom stereocenters. The molecule has 0 bridgehead atoms. The van der Waals surface area contributed by atoms with Crippen molar-refractivity contribution in [3.63, 3.8) is 0 Å². The van der Waals surface area contributed by atoms with Gasteiger partial charge in [-0.25, -0.2) is 4.79 Å². The Balaban J connectivity index is 4.34. The van der Waals surface area contributed by atoms with Crippen molar-refractivity contribution in [2.75, 3.05) is 34.0 Å². The monoisotopic (exact) mass is 292 g/mol. The van der Waals surface area contributed by atoms with E-state index >= 15 is 0 Å². The average molecular weight is 292 g/mol. The number of carbonyl (C=O) groups is 1. The fourth-order valence-corrected chi connectivity index (χ4v) is 3.68. The Morgan fingerprint density at radius 1 is 1.37 bits per heavy atom. The summed E-state index contributed by atoms with van der Waals surface area (Å²) in [5.41, 5.74) is 0.366. The van der Waals surface area contributed by atoms with Crippen LogP contribution in [0, 0.1) is 5.92 Å². The van der Waals surface area contributed by atoms with Crippen molar-refractivity contribution < 1.29 is 27.9 Å². The Morgan fingerprint density at radius 3 is 2.37 bits per heavy atom. The predicted octanol–water partition coefficient (Wildman–Crippen LogP) is 0.982. The largest absolute Gasteiger partial charge is 0.500 e. The zero-order valence-electron chi connectivity index (χ0n) is 12.1. The summed E-state index contributed by atoms with van der Waals surface area (Å²) in [6.07, 6.45) is 0. The lowest BCUT2D eigenvalue weighted by Gasteiger charge is -2.28. The highest BCUT2D eigenvalue weighted by Crippen LogP contribution is 2.20. The number of rotatable bonds is 10. The molecule has 0 aromatic rings. The lowest BCUT2D eigenvalue weighted by Crippen LogP contribution is -2.46. The molecule has 0 spiro atoms. The van der Waals surface area contributed by atoms with Crippen LogP contribution in [-0.2, 0) is 22.8 Å². The molecule has 0 aliphatic heterocycles. The zero-order chi connectivity index (χ0) is 14.9. The lowest BCUT2D eigenvalue weighted by atomic mass is 10.2. The van der Waals surface area contributed by atoms with Gasteiger partial charge in [0.15, 0.2) is 0 Å². The number of aliphatic hydroxyl groups is 1. The minimum Gasteiger partial charge on any atom is -0.462 e. The summed E-state index contributed by atoms with van der Waals surface area (Å²) >= 11 is 0. The smallest absolute Gasteiger partial charge is 0.462 e. The fraction of sp³-hybridized carbons (Fsp3) is 0.750. The molecule has 0 saturated heterocycles. The molecule has 0 amide bonds. The van der Waals surface area contributed by atoms with Gasteiger partial charge in [0.2, 0.25) is 0 Å². The normalized spacial score (nSPS) is 13.1. The topological polar surface area (TPSA) is 74.2 Å². The fourth-order valence-electron chi connectivity index (χ4n) is 1.45. The Hall–Kier alpha value is -0.733.